The van der Waals surface area contributed by atoms with Gasteiger partial charge in [0.1, 0.15) is 11.4 Å². The number of hydrogen-bond acceptors (Lipinski definition) is 7. The lowest BCUT2D eigenvalue weighted by Gasteiger charge is -2.29. The summed E-state index contributed by atoms with van der Waals surface area (Å²) in [6.07, 6.45) is 1.52. The lowest BCUT2D eigenvalue weighted by molar-refractivity contribution is -0.145. The Hall–Kier alpha value is -4.12. The van der Waals surface area contributed by atoms with E-state index in [2.05, 4.69) is 14.8 Å². The molecule has 1 unspecified atom stereocenters. The van der Waals surface area contributed by atoms with Gasteiger partial charge >= 0.3 is 5.97 Å². The van der Waals surface area contributed by atoms with E-state index in [-0.39, 0.29) is 13.2 Å². The van der Waals surface area contributed by atoms with Crippen LogP contribution in [0.15, 0.2) is 40.8 Å². The first kappa shape index (κ1) is 22.7. The molecule has 1 aliphatic carbocycles. The molecule has 0 bridgehead atoms. The van der Waals surface area contributed by atoms with Crippen LogP contribution in [0.4, 0.5) is 0 Å². The van der Waals surface area contributed by atoms with E-state index in [1.807, 2.05) is 36.4 Å². The van der Waals surface area contributed by atoms with Crippen LogP contribution in [0.1, 0.15) is 36.0 Å². The molecule has 8 nitrogen and oxygen atoms in total. The zero-order chi connectivity index (χ0) is 24.6. The van der Waals surface area contributed by atoms with Gasteiger partial charge in [0.05, 0.1) is 25.8 Å². The van der Waals surface area contributed by atoms with Gasteiger partial charge in [0.25, 0.3) is 5.54 Å². The van der Waals surface area contributed by atoms with Crippen molar-refractivity contribution in [1.82, 2.24) is 9.97 Å². The summed E-state index contributed by atoms with van der Waals surface area (Å²) in [6.45, 7) is 11.9. The number of nitrogens with zero attached hydrogens (tertiary/aromatic N) is 3. The van der Waals surface area contributed by atoms with Crippen molar-refractivity contribution in [2.75, 3.05) is 20.3 Å². The SMILES string of the molecule is [C-]#[N+]C1(c2ccc(OC)c3oc4ccccc4c23)CCc2nc(C)nc(OCC(=O)OCC)c2C1. The maximum Gasteiger partial charge on any atom is 0.344 e. The molecule has 1 atom stereocenters. The number of rotatable bonds is 6. The molecule has 35 heavy (non-hydrogen) atoms. The molecule has 178 valence electrons. The molecule has 2 aromatic carbocycles. The molecule has 0 N–H and O–H groups in total. The highest BCUT2D eigenvalue weighted by atomic mass is 16.6. The van der Waals surface area contributed by atoms with E-state index in [0.717, 1.165) is 33.2 Å². The fourth-order valence-corrected chi connectivity index (χ4v) is 4.90. The third kappa shape index (κ3) is 3.83. The van der Waals surface area contributed by atoms with Crippen LogP contribution in [0.5, 0.6) is 11.6 Å². The summed E-state index contributed by atoms with van der Waals surface area (Å²) in [5.41, 5.74) is 2.94. The van der Waals surface area contributed by atoms with E-state index in [0.29, 0.717) is 42.3 Å². The van der Waals surface area contributed by atoms with Crippen LogP contribution in [0, 0.1) is 13.5 Å². The van der Waals surface area contributed by atoms with Crippen LogP contribution >= 0.6 is 0 Å². The number of para-hydroxylation sites is 1. The van der Waals surface area contributed by atoms with Gasteiger partial charge in [-0.3, -0.25) is 0 Å². The van der Waals surface area contributed by atoms with Crippen molar-refractivity contribution >= 4 is 27.9 Å². The Morgan fingerprint density at radius 3 is 2.83 bits per heavy atom. The number of carbonyl (C=O) groups is 1. The molecule has 0 amide bonds. The summed E-state index contributed by atoms with van der Waals surface area (Å²) in [4.78, 5) is 25.2. The second-order valence-corrected chi connectivity index (χ2v) is 8.53. The van der Waals surface area contributed by atoms with Gasteiger partial charge in [-0.2, -0.15) is 4.98 Å². The molecule has 1 aliphatic rings. The number of hydrogen-bond donors (Lipinski definition) is 0. The lowest BCUT2D eigenvalue weighted by Crippen LogP contribution is -2.32. The maximum absolute atomic E-state index is 11.9. The minimum absolute atomic E-state index is 0.249. The summed E-state index contributed by atoms with van der Waals surface area (Å²) in [5.74, 6) is 1.04. The van der Waals surface area contributed by atoms with Crippen molar-refractivity contribution in [2.45, 2.75) is 38.6 Å². The molecule has 5 rings (SSSR count). The Labute approximate surface area is 202 Å². The maximum atomic E-state index is 11.9. The third-order valence-electron chi connectivity index (χ3n) is 6.47. The van der Waals surface area contributed by atoms with Gasteiger partial charge in [-0.25, -0.2) is 16.4 Å². The summed E-state index contributed by atoms with van der Waals surface area (Å²) in [5, 5.41) is 1.81. The summed E-state index contributed by atoms with van der Waals surface area (Å²) >= 11 is 0. The second kappa shape index (κ2) is 8.91. The van der Waals surface area contributed by atoms with Gasteiger partial charge in [0.15, 0.2) is 17.9 Å². The van der Waals surface area contributed by atoms with Crippen molar-refractivity contribution in [3.05, 3.63) is 70.5 Å². The number of carbonyl (C=O) groups excluding carboxylic acids is 1. The minimum atomic E-state index is -0.884. The number of aryl methyl sites for hydroxylation is 2. The first-order chi connectivity index (χ1) is 17.0. The Morgan fingerprint density at radius 1 is 1.23 bits per heavy atom. The van der Waals surface area contributed by atoms with Gasteiger partial charge in [0.2, 0.25) is 5.88 Å². The highest BCUT2D eigenvalue weighted by Gasteiger charge is 2.46. The molecular formula is C27H25N3O5. The third-order valence-corrected chi connectivity index (χ3v) is 6.47. The van der Waals surface area contributed by atoms with Crippen LogP contribution in [-0.2, 0) is 27.9 Å². The molecule has 0 fully saturated rings. The largest absolute Gasteiger partial charge is 0.493 e. The number of aromatic nitrogens is 2. The molecule has 0 spiro atoms. The topological polar surface area (TPSA) is 88.0 Å². The molecule has 4 aromatic rings. The zero-order valence-corrected chi connectivity index (χ0v) is 19.9. The van der Waals surface area contributed by atoms with Crippen LogP contribution < -0.4 is 9.47 Å². The van der Waals surface area contributed by atoms with Gasteiger partial charge in [0, 0.05) is 28.3 Å². The number of furan rings is 1. The predicted octanol–water partition coefficient (Wildman–Crippen LogP) is 4.94. The first-order valence-electron chi connectivity index (χ1n) is 11.5. The average molecular weight is 472 g/mol. The lowest BCUT2D eigenvalue weighted by atomic mass is 9.74. The second-order valence-electron chi connectivity index (χ2n) is 8.53. The monoisotopic (exact) mass is 471 g/mol. The van der Waals surface area contributed by atoms with Gasteiger partial charge in [-0.1, -0.05) is 18.2 Å². The smallest absolute Gasteiger partial charge is 0.344 e. The molecule has 8 heteroatoms. The Bertz CT molecular complexity index is 1490. The summed E-state index contributed by atoms with van der Waals surface area (Å²) < 4.78 is 22.5. The van der Waals surface area contributed by atoms with E-state index in [1.165, 1.54) is 0 Å². The zero-order valence-electron chi connectivity index (χ0n) is 19.9. The fourth-order valence-electron chi connectivity index (χ4n) is 4.90. The average Bonchev–Trinajstić information content (AvgIpc) is 3.26. The standard InChI is InChI=1S/C27H25N3O5/c1-5-33-23(31)15-34-26-18-14-27(28-3,13-12-20(18)29-16(2)30-26)19-10-11-22(32-4)25-24(19)17-8-6-7-9-21(17)35-25/h6-11H,5,12-15H2,1-2,4H3. The summed E-state index contributed by atoms with van der Waals surface area (Å²) in [7, 11) is 1.61. The number of ether oxygens (including phenoxy) is 3. The Balaban J connectivity index is 1.64. The van der Waals surface area contributed by atoms with Gasteiger partial charge < -0.3 is 23.5 Å². The first-order valence-corrected chi connectivity index (χ1v) is 11.5. The van der Waals surface area contributed by atoms with E-state index in [1.54, 1.807) is 21.0 Å². The molecule has 0 saturated heterocycles. The predicted molar refractivity (Wildman–Crippen MR) is 129 cm³/mol. The number of esters is 1. The van der Waals surface area contributed by atoms with Gasteiger partial charge in [-0.05, 0) is 38.5 Å². The van der Waals surface area contributed by atoms with Crippen molar-refractivity contribution < 1.29 is 23.4 Å². The van der Waals surface area contributed by atoms with E-state index in [4.69, 9.17) is 25.2 Å². The molecule has 0 aliphatic heterocycles. The number of fused-ring (bicyclic) bond motifs is 4. The van der Waals surface area contributed by atoms with Crippen molar-refractivity contribution in [3.63, 3.8) is 0 Å². The molecule has 2 heterocycles. The normalized spacial score (nSPS) is 17.1. The highest BCUT2D eigenvalue weighted by molar-refractivity contribution is 6.09. The van der Waals surface area contributed by atoms with Crippen molar-refractivity contribution in [3.8, 4) is 11.6 Å². The van der Waals surface area contributed by atoms with Crippen molar-refractivity contribution in [2.24, 2.45) is 0 Å². The van der Waals surface area contributed by atoms with E-state index >= 15 is 0 Å². The summed E-state index contributed by atoms with van der Waals surface area (Å²) in [6, 6.07) is 11.6. The van der Waals surface area contributed by atoms with Crippen LogP contribution in [0.2, 0.25) is 0 Å². The van der Waals surface area contributed by atoms with Crippen LogP contribution in [0.25, 0.3) is 26.8 Å². The van der Waals surface area contributed by atoms with Crippen LogP contribution in [-0.4, -0.2) is 36.3 Å². The molecule has 0 radical (unpaired) electrons. The highest BCUT2D eigenvalue weighted by Crippen LogP contribution is 2.48. The van der Waals surface area contributed by atoms with Crippen molar-refractivity contribution in [1.29, 1.82) is 0 Å². The molecule has 2 aromatic heterocycles. The quantitative estimate of drug-likeness (QED) is 0.291. The van der Waals surface area contributed by atoms with Gasteiger partial charge in [-0.15, -0.1) is 0 Å². The molecular weight excluding hydrogens is 446 g/mol. The van der Waals surface area contributed by atoms with E-state index in [9.17, 15) is 4.79 Å². The van der Waals surface area contributed by atoms with Crippen LogP contribution in [0.3, 0.4) is 0 Å². The van der Waals surface area contributed by atoms with E-state index < -0.39 is 11.5 Å². The number of methoxy groups -OCH3 is 1. The number of benzene rings is 2. The fraction of sp³-hybridized carbons (Fsp3) is 0.333. The molecule has 0 saturated carbocycles. The minimum Gasteiger partial charge on any atom is -0.493 e. The Morgan fingerprint density at radius 2 is 2.06 bits per heavy atom. The Kier molecular flexibility index (Phi) is 5.77.